The Labute approximate surface area is 158 Å². The average Bonchev–Trinajstić information content (AvgIpc) is 3.16. The lowest BCUT2D eigenvalue weighted by Gasteiger charge is -2.00. The minimum absolute atomic E-state index is 0.168. The van der Waals surface area contributed by atoms with E-state index in [0.717, 1.165) is 21.6 Å². The van der Waals surface area contributed by atoms with Crippen molar-refractivity contribution < 1.29 is 14.3 Å². The number of imidazole rings is 1. The highest BCUT2D eigenvalue weighted by atomic mass is 32.2. The quantitative estimate of drug-likeness (QED) is 0.475. The Morgan fingerprint density at radius 1 is 1.31 bits per heavy atom. The first-order valence-electron chi connectivity index (χ1n) is 8.04. The predicted octanol–water partition coefficient (Wildman–Crippen LogP) is 3.16. The maximum atomic E-state index is 12.1. The number of esters is 1. The molecule has 0 spiro atoms. The third-order valence-corrected chi connectivity index (χ3v) is 5.40. The number of nitrogens with zero attached hydrogens (tertiary/aromatic N) is 2. The van der Waals surface area contributed by atoms with Gasteiger partial charge in [-0.25, -0.2) is 9.97 Å². The topological polar surface area (TPSA) is 97.0 Å². The molecule has 1 aromatic carbocycles. The van der Waals surface area contributed by atoms with Crippen molar-refractivity contribution in [3.63, 3.8) is 0 Å². The number of aromatic amines is 1. The Balaban J connectivity index is 1.55. The molecule has 0 fully saturated rings. The highest BCUT2D eigenvalue weighted by Crippen LogP contribution is 2.24. The summed E-state index contributed by atoms with van der Waals surface area (Å²) in [6.45, 7) is 3.92. The van der Waals surface area contributed by atoms with Gasteiger partial charge in [-0.15, -0.1) is 11.3 Å². The van der Waals surface area contributed by atoms with Crippen molar-refractivity contribution in [2.75, 3.05) is 17.7 Å². The third kappa shape index (κ3) is 4.61. The molecule has 2 heterocycles. The number of anilines is 1. The zero-order chi connectivity index (χ0) is 18.5. The van der Waals surface area contributed by atoms with Crippen molar-refractivity contribution >= 4 is 51.1 Å². The van der Waals surface area contributed by atoms with Crippen molar-refractivity contribution in [2.45, 2.75) is 25.4 Å². The molecule has 0 saturated heterocycles. The molecule has 0 aliphatic carbocycles. The molecule has 26 heavy (non-hydrogen) atoms. The average molecular weight is 390 g/mol. The summed E-state index contributed by atoms with van der Waals surface area (Å²) in [6, 6.07) is 7.71. The summed E-state index contributed by atoms with van der Waals surface area (Å²) in [4.78, 5) is 36.4. The van der Waals surface area contributed by atoms with E-state index in [4.69, 9.17) is 4.74 Å². The van der Waals surface area contributed by atoms with Gasteiger partial charge in [-0.1, -0.05) is 23.9 Å². The molecule has 0 radical (unpaired) electrons. The molecule has 1 amide bonds. The summed E-state index contributed by atoms with van der Waals surface area (Å²) in [6.07, 6.45) is 0.168. The van der Waals surface area contributed by atoms with Gasteiger partial charge in [0.25, 0.3) is 0 Å². The van der Waals surface area contributed by atoms with E-state index in [2.05, 4.69) is 20.3 Å². The number of fused-ring (bicyclic) bond motifs is 1. The van der Waals surface area contributed by atoms with E-state index in [-0.39, 0.29) is 24.1 Å². The number of hydrogen-bond donors (Lipinski definition) is 2. The van der Waals surface area contributed by atoms with Crippen LogP contribution in [0.1, 0.15) is 17.5 Å². The second-order valence-corrected chi connectivity index (χ2v) is 7.45. The van der Waals surface area contributed by atoms with E-state index in [1.54, 1.807) is 6.92 Å². The number of para-hydroxylation sites is 2. The molecule has 9 heteroatoms. The van der Waals surface area contributed by atoms with Gasteiger partial charge >= 0.3 is 5.97 Å². The number of thioether (sulfide) groups is 1. The minimum atomic E-state index is -0.294. The summed E-state index contributed by atoms with van der Waals surface area (Å²) in [7, 11) is 0. The summed E-state index contributed by atoms with van der Waals surface area (Å²) in [5, 5.41) is 3.94. The lowest BCUT2D eigenvalue weighted by molar-refractivity contribution is -0.142. The van der Waals surface area contributed by atoms with Crippen LogP contribution in [-0.2, 0) is 20.7 Å². The van der Waals surface area contributed by atoms with E-state index in [0.29, 0.717) is 16.9 Å². The summed E-state index contributed by atoms with van der Waals surface area (Å²) in [5.74, 6) is -0.254. The number of rotatable bonds is 7. The van der Waals surface area contributed by atoms with E-state index in [1.807, 2.05) is 31.2 Å². The normalized spacial score (nSPS) is 10.8. The molecule has 7 nitrogen and oxygen atoms in total. The van der Waals surface area contributed by atoms with Gasteiger partial charge in [-0.2, -0.15) is 0 Å². The van der Waals surface area contributed by atoms with Gasteiger partial charge < -0.3 is 15.0 Å². The number of carbonyl (C=O) groups is 2. The van der Waals surface area contributed by atoms with E-state index < -0.39 is 0 Å². The molecule has 0 bridgehead atoms. The van der Waals surface area contributed by atoms with Crippen LogP contribution in [0, 0.1) is 6.92 Å². The fourth-order valence-corrected chi connectivity index (χ4v) is 3.92. The van der Waals surface area contributed by atoms with Gasteiger partial charge in [0.15, 0.2) is 10.3 Å². The number of ether oxygens (including phenoxy) is 1. The molecule has 2 N–H and O–H groups in total. The first-order chi connectivity index (χ1) is 12.5. The monoisotopic (exact) mass is 390 g/mol. The zero-order valence-electron chi connectivity index (χ0n) is 14.4. The van der Waals surface area contributed by atoms with Crippen LogP contribution >= 0.6 is 23.1 Å². The first-order valence-corrected chi connectivity index (χ1v) is 9.84. The van der Waals surface area contributed by atoms with Crippen LogP contribution < -0.4 is 5.32 Å². The van der Waals surface area contributed by atoms with Crippen LogP contribution in [0.15, 0.2) is 29.4 Å². The number of hydrogen-bond acceptors (Lipinski definition) is 7. The van der Waals surface area contributed by atoms with Gasteiger partial charge in [-0.3, -0.25) is 9.59 Å². The number of benzene rings is 1. The van der Waals surface area contributed by atoms with Gasteiger partial charge in [0.1, 0.15) is 0 Å². The van der Waals surface area contributed by atoms with E-state index in [1.165, 1.54) is 23.1 Å². The van der Waals surface area contributed by atoms with Crippen molar-refractivity contribution in [1.82, 2.24) is 15.0 Å². The van der Waals surface area contributed by atoms with Crippen molar-refractivity contribution in [3.8, 4) is 0 Å². The van der Waals surface area contributed by atoms with Crippen LogP contribution in [0.5, 0.6) is 0 Å². The predicted molar refractivity (Wildman–Crippen MR) is 103 cm³/mol. The molecular formula is C17H18N4O3S2. The first kappa shape index (κ1) is 18.4. The Morgan fingerprint density at radius 3 is 2.88 bits per heavy atom. The highest BCUT2D eigenvalue weighted by Gasteiger charge is 2.14. The van der Waals surface area contributed by atoms with Gasteiger partial charge in [-0.05, 0) is 26.0 Å². The molecule has 0 saturated carbocycles. The second kappa shape index (κ2) is 8.33. The largest absolute Gasteiger partial charge is 0.466 e. The SMILES string of the molecule is CCOC(=O)Cc1sc(NC(=O)CSc2nc3ccccc3[nH]2)nc1C. The molecule has 3 aromatic rings. The lowest BCUT2D eigenvalue weighted by Crippen LogP contribution is -2.13. The molecule has 3 rings (SSSR count). The maximum Gasteiger partial charge on any atom is 0.311 e. The fourth-order valence-electron chi connectivity index (χ4n) is 2.28. The number of H-pyrrole nitrogens is 1. The molecule has 0 aliphatic heterocycles. The second-order valence-electron chi connectivity index (χ2n) is 5.41. The van der Waals surface area contributed by atoms with Crippen molar-refractivity contribution in [3.05, 3.63) is 34.8 Å². The van der Waals surface area contributed by atoms with Gasteiger partial charge in [0, 0.05) is 4.88 Å². The minimum Gasteiger partial charge on any atom is -0.466 e. The number of amides is 1. The number of thiazole rings is 1. The lowest BCUT2D eigenvalue weighted by atomic mass is 10.3. The van der Waals surface area contributed by atoms with E-state index >= 15 is 0 Å². The molecule has 0 atom stereocenters. The summed E-state index contributed by atoms with van der Waals surface area (Å²) in [5.41, 5.74) is 2.53. The standard InChI is InChI=1S/C17H18N4O3S2/c1-3-24-15(23)8-13-10(2)18-17(26-13)21-14(22)9-25-16-19-11-6-4-5-7-12(11)20-16/h4-7H,3,8-9H2,1-2H3,(H,19,20)(H,18,21,22). The van der Waals surface area contributed by atoms with Gasteiger partial charge in [0.2, 0.25) is 5.91 Å². The summed E-state index contributed by atoms with van der Waals surface area (Å²) >= 11 is 2.62. The smallest absolute Gasteiger partial charge is 0.311 e. The molecule has 2 aromatic heterocycles. The molecular weight excluding hydrogens is 372 g/mol. The van der Waals surface area contributed by atoms with Crippen molar-refractivity contribution in [1.29, 1.82) is 0 Å². The van der Waals surface area contributed by atoms with E-state index in [9.17, 15) is 9.59 Å². The molecule has 0 aliphatic rings. The molecule has 136 valence electrons. The number of nitrogens with one attached hydrogen (secondary N) is 2. The van der Waals surface area contributed by atoms with Crippen LogP contribution in [0.2, 0.25) is 0 Å². The fraction of sp³-hybridized carbons (Fsp3) is 0.294. The van der Waals surface area contributed by atoms with Crippen LogP contribution in [0.3, 0.4) is 0 Å². The van der Waals surface area contributed by atoms with Gasteiger partial charge in [0.05, 0.1) is 35.5 Å². The Bertz CT molecular complexity index is 902. The van der Waals surface area contributed by atoms with Crippen LogP contribution in [0.25, 0.3) is 11.0 Å². The maximum absolute atomic E-state index is 12.1. The third-order valence-electron chi connectivity index (χ3n) is 3.46. The Morgan fingerprint density at radius 2 is 2.12 bits per heavy atom. The number of aryl methyl sites for hydroxylation is 1. The number of carbonyl (C=O) groups excluding carboxylic acids is 2. The summed E-state index contributed by atoms with van der Waals surface area (Å²) < 4.78 is 4.94. The van der Waals surface area contributed by atoms with Crippen LogP contribution in [0.4, 0.5) is 5.13 Å². The Hall–Kier alpha value is -2.39. The van der Waals surface area contributed by atoms with Crippen molar-refractivity contribution in [2.24, 2.45) is 0 Å². The molecule has 0 unspecified atom stereocenters. The van der Waals surface area contributed by atoms with Crippen LogP contribution in [-0.4, -0.2) is 39.2 Å². The zero-order valence-corrected chi connectivity index (χ0v) is 16.0. The highest BCUT2D eigenvalue weighted by molar-refractivity contribution is 7.99. The number of aromatic nitrogens is 3. The Kier molecular flexibility index (Phi) is 5.89.